The lowest BCUT2D eigenvalue weighted by Crippen LogP contribution is -2.18. The van der Waals surface area contributed by atoms with Crippen LogP contribution in [-0.2, 0) is 0 Å². The Labute approximate surface area is 137 Å². The quantitative estimate of drug-likeness (QED) is 0.611. The molecule has 0 unspecified atom stereocenters. The summed E-state index contributed by atoms with van der Waals surface area (Å²) in [5.74, 6) is -1.22. The lowest BCUT2D eigenvalue weighted by molar-refractivity contribution is 0.0695. The molecule has 1 aromatic heterocycles. The van der Waals surface area contributed by atoms with E-state index >= 15 is 0 Å². The van der Waals surface area contributed by atoms with Crippen molar-refractivity contribution in [2.75, 3.05) is 0 Å². The Hall–Kier alpha value is -3.40. The number of pyridine rings is 1. The molecule has 0 aliphatic carbocycles. The van der Waals surface area contributed by atoms with E-state index in [9.17, 15) is 14.7 Å². The summed E-state index contributed by atoms with van der Waals surface area (Å²) in [5.41, 5.74) is 0.826. The monoisotopic (exact) mass is 315 g/mol. The predicted molar refractivity (Wildman–Crippen MR) is 94.0 cm³/mol. The van der Waals surface area contributed by atoms with E-state index in [0.29, 0.717) is 10.9 Å². The van der Waals surface area contributed by atoms with Gasteiger partial charge < -0.3 is 9.67 Å². The van der Waals surface area contributed by atoms with Gasteiger partial charge in [-0.1, -0.05) is 48.5 Å². The molecule has 4 heteroatoms. The van der Waals surface area contributed by atoms with Crippen molar-refractivity contribution >= 4 is 27.6 Å². The number of aromatic nitrogens is 1. The number of carbonyl (C=O) groups is 1. The van der Waals surface area contributed by atoms with Crippen molar-refractivity contribution < 1.29 is 9.90 Å². The third kappa shape index (κ3) is 2.08. The molecule has 4 rings (SSSR count). The van der Waals surface area contributed by atoms with Crippen LogP contribution in [0.1, 0.15) is 10.4 Å². The molecule has 0 radical (unpaired) electrons. The number of fused-ring (bicyclic) bond motifs is 2. The van der Waals surface area contributed by atoms with Crippen LogP contribution in [0, 0.1) is 0 Å². The number of para-hydroxylation sites is 1. The Morgan fingerprint density at radius 3 is 2.29 bits per heavy atom. The zero-order valence-electron chi connectivity index (χ0n) is 12.6. The van der Waals surface area contributed by atoms with Crippen molar-refractivity contribution in [2.24, 2.45) is 0 Å². The fourth-order valence-corrected chi connectivity index (χ4v) is 3.05. The Morgan fingerprint density at radius 2 is 1.50 bits per heavy atom. The molecule has 0 bridgehead atoms. The van der Waals surface area contributed by atoms with Crippen molar-refractivity contribution in [1.82, 2.24) is 4.57 Å². The van der Waals surface area contributed by atoms with E-state index in [2.05, 4.69) is 0 Å². The van der Waals surface area contributed by atoms with Gasteiger partial charge in [-0.05, 0) is 23.6 Å². The molecule has 24 heavy (non-hydrogen) atoms. The maximum absolute atomic E-state index is 12.4. The fourth-order valence-electron chi connectivity index (χ4n) is 3.05. The summed E-state index contributed by atoms with van der Waals surface area (Å²) in [6.07, 6.45) is 1.41. The van der Waals surface area contributed by atoms with Crippen LogP contribution in [0.15, 0.2) is 77.7 Å². The highest BCUT2D eigenvalue weighted by molar-refractivity contribution is 5.96. The molecular weight excluding hydrogens is 302 g/mol. The average molecular weight is 315 g/mol. The van der Waals surface area contributed by atoms with E-state index in [0.717, 1.165) is 16.5 Å². The van der Waals surface area contributed by atoms with E-state index in [4.69, 9.17) is 0 Å². The predicted octanol–water partition coefficient (Wildman–Crippen LogP) is 3.84. The van der Waals surface area contributed by atoms with Gasteiger partial charge in [-0.15, -0.1) is 0 Å². The number of benzene rings is 3. The number of nitrogens with zero attached hydrogens (tertiary/aromatic N) is 1. The molecule has 3 aromatic carbocycles. The van der Waals surface area contributed by atoms with Crippen molar-refractivity contribution in [3.8, 4) is 5.69 Å². The molecule has 0 aliphatic rings. The van der Waals surface area contributed by atoms with E-state index in [-0.39, 0.29) is 5.56 Å². The first-order valence-corrected chi connectivity index (χ1v) is 7.52. The molecule has 0 saturated heterocycles. The van der Waals surface area contributed by atoms with Gasteiger partial charge in [-0.2, -0.15) is 0 Å². The number of aromatic carboxylic acids is 1. The van der Waals surface area contributed by atoms with Crippen molar-refractivity contribution in [1.29, 1.82) is 0 Å². The second-order valence-electron chi connectivity index (χ2n) is 5.56. The number of carboxylic acid groups (broad SMARTS) is 1. The zero-order chi connectivity index (χ0) is 16.7. The molecule has 0 saturated carbocycles. The van der Waals surface area contributed by atoms with E-state index < -0.39 is 11.4 Å². The van der Waals surface area contributed by atoms with Crippen molar-refractivity contribution in [2.45, 2.75) is 0 Å². The molecule has 1 heterocycles. The first kappa shape index (κ1) is 14.2. The fraction of sp³-hybridized carbons (Fsp3) is 0. The van der Waals surface area contributed by atoms with Gasteiger partial charge in [-0.3, -0.25) is 4.79 Å². The molecule has 4 nitrogen and oxygen atoms in total. The third-order valence-corrected chi connectivity index (χ3v) is 4.17. The highest BCUT2D eigenvalue weighted by Crippen LogP contribution is 2.25. The highest BCUT2D eigenvalue weighted by Gasteiger charge is 2.15. The topological polar surface area (TPSA) is 59.3 Å². The standard InChI is InChI=1S/C20H13NO3/c22-19-15-9-3-4-10-18(15)21(12-16(19)20(23)24)17-11-5-7-13-6-1-2-8-14(13)17/h1-12H,(H,23,24). The van der Waals surface area contributed by atoms with Crippen molar-refractivity contribution in [3.63, 3.8) is 0 Å². The average Bonchev–Trinajstić information content (AvgIpc) is 2.62. The second kappa shape index (κ2) is 5.35. The summed E-state index contributed by atoms with van der Waals surface area (Å²) in [5, 5.41) is 11.8. The smallest absolute Gasteiger partial charge is 0.341 e. The summed E-state index contributed by atoms with van der Waals surface area (Å²) in [4.78, 5) is 23.9. The van der Waals surface area contributed by atoms with Crippen LogP contribution in [-0.4, -0.2) is 15.6 Å². The summed E-state index contributed by atoms with van der Waals surface area (Å²) in [7, 11) is 0. The third-order valence-electron chi connectivity index (χ3n) is 4.17. The van der Waals surface area contributed by atoms with Gasteiger partial charge in [0.05, 0.1) is 11.2 Å². The number of hydrogen-bond donors (Lipinski definition) is 1. The molecular formula is C20H13NO3. The summed E-state index contributed by atoms with van der Waals surface area (Å²) < 4.78 is 1.78. The highest BCUT2D eigenvalue weighted by atomic mass is 16.4. The lowest BCUT2D eigenvalue weighted by atomic mass is 10.1. The van der Waals surface area contributed by atoms with Gasteiger partial charge in [0.25, 0.3) is 0 Å². The largest absolute Gasteiger partial charge is 0.477 e. The van der Waals surface area contributed by atoms with E-state index in [1.165, 1.54) is 6.20 Å². The summed E-state index contributed by atoms with van der Waals surface area (Å²) in [6, 6.07) is 20.8. The van der Waals surface area contributed by atoms with Gasteiger partial charge >= 0.3 is 5.97 Å². The Balaban J connectivity index is 2.19. The van der Waals surface area contributed by atoms with E-state index in [1.54, 1.807) is 16.7 Å². The number of carboxylic acids is 1. The second-order valence-corrected chi connectivity index (χ2v) is 5.56. The lowest BCUT2D eigenvalue weighted by Gasteiger charge is -2.14. The SMILES string of the molecule is O=C(O)c1cn(-c2cccc3ccccc23)c2ccccc2c1=O. The number of hydrogen-bond acceptors (Lipinski definition) is 2. The zero-order valence-corrected chi connectivity index (χ0v) is 12.6. The summed E-state index contributed by atoms with van der Waals surface area (Å²) >= 11 is 0. The van der Waals surface area contributed by atoms with Crippen LogP contribution in [0.3, 0.4) is 0 Å². The minimum Gasteiger partial charge on any atom is -0.477 e. The molecule has 4 aromatic rings. The first-order chi connectivity index (χ1) is 11.7. The molecule has 0 aliphatic heterocycles. The van der Waals surface area contributed by atoms with Gasteiger partial charge in [0.2, 0.25) is 5.43 Å². The van der Waals surface area contributed by atoms with Crippen molar-refractivity contribution in [3.05, 3.63) is 88.7 Å². The molecule has 1 N–H and O–H groups in total. The Bertz CT molecular complexity index is 1150. The Kier molecular flexibility index (Phi) is 3.17. The minimum atomic E-state index is -1.22. The molecule has 0 spiro atoms. The maximum atomic E-state index is 12.4. The van der Waals surface area contributed by atoms with Crippen LogP contribution in [0.2, 0.25) is 0 Å². The minimum absolute atomic E-state index is 0.235. The summed E-state index contributed by atoms with van der Waals surface area (Å²) in [6.45, 7) is 0. The van der Waals surface area contributed by atoms with Crippen LogP contribution in [0.4, 0.5) is 0 Å². The molecule has 0 amide bonds. The Morgan fingerprint density at radius 1 is 0.833 bits per heavy atom. The van der Waals surface area contributed by atoms with E-state index in [1.807, 2.05) is 54.6 Å². The van der Waals surface area contributed by atoms with Crippen LogP contribution in [0.5, 0.6) is 0 Å². The van der Waals surface area contributed by atoms with Crippen LogP contribution >= 0.6 is 0 Å². The first-order valence-electron chi connectivity index (χ1n) is 7.52. The van der Waals surface area contributed by atoms with Gasteiger partial charge in [0.1, 0.15) is 5.56 Å². The molecule has 0 fully saturated rings. The number of rotatable bonds is 2. The van der Waals surface area contributed by atoms with Crippen LogP contribution in [0.25, 0.3) is 27.4 Å². The van der Waals surface area contributed by atoms with Gasteiger partial charge in [0.15, 0.2) is 0 Å². The van der Waals surface area contributed by atoms with Gasteiger partial charge in [-0.25, -0.2) is 4.79 Å². The molecule has 116 valence electrons. The van der Waals surface area contributed by atoms with Gasteiger partial charge in [0, 0.05) is 17.0 Å². The molecule has 0 atom stereocenters. The normalized spacial score (nSPS) is 11.0. The van der Waals surface area contributed by atoms with Crippen LogP contribution < -0.4 is 5.43 Å². The maximum Gasteiger partial charge on any atom is 0.341 e.